The van der Waals surface area contributed by atoms with Crippen molar-refractivity contribution in [3.63, 3.8) is 0 Å². The van der Waals surface area contributed by atoms with Crippen LogP contribution < -0.4 is 0 Å². The molecule has 0 unspecified atom stereocenters. The number of amides is 1. The molecule has 4 rings (SSSR count). The van der Waals surface area contributed by atoms with Gasteiger partial charge in [-0.25, -0.2) is 19.3 Å². The van der Waals surface area contributed by atoms with Crippen molar-refractivity contribution in [1.29, 1.82) is 0 Å². The molecule has 3 aromatic heterocycles. The number of para-hydroxylation sites is 1. The van der Waals surface area contributed by atoms with Crippen LogP contribution in [0.5, 0.6) is 0 Å². The van der Waals surface area contributed by atoms with Gasteiger partial charge in [0.05, 0.1) is 23.5 Å². The third-order valence-corrected chi connectivity index (χ3v) is 6.53. The average Bonchev–Trinajstić information content (AvgIpc) is 3.23. The third kappa shape index (κ3) is 4.73. The standard InChI is InChI=1S/C27H33N7O/c1-16-11-9-10-12-25(16)33-22(7)24(20(5)30-33)15-32(8)26(35)14-23-19(4)31-34(21(23)6)27-28-17(2)13-18(3)29-27/h9-13H,14-15H2,1-8H3. The number of benzene rings is 1. The van der Waals surface area contributed by atoms with Gasteiger partial charge >= 0.3 is 0 Å². The SMILES string of the molecule is Cc1cc(C)nc(-n2nc(C)c(CC(=O)N(C)Cc3c(C)nn(-c4ccccc4C)c3C)c2C)n1. The summed E-state index contributed by atoms with van der Waals surface area (Å²) in [7, 11) is 1.84. The van der Waals surface area contributed by atoms with E-state index in [0.29, 0.717) is 12.5 Å². The smallest absolute Gasteiger partial charge is 0.251 e. The summed E-state index contributed by atoms with van der Waals surface area (Å²) in [5, 5.41) is 9.41. The molecule has 0 spiro atoms. The van der Waals surface area contributed by atoms with Gasteiger partial charge in [0.2, 0.25) is 5.91 Å². The molecule has 0 aliphatic heterocycles. The second kappa shape index (κ2) is 9.44. The van der Waals surface area contributed by atoms with Crippen LogP contribution in [0.3, 0.4) is 0 Å². The van der Waals surface area contributed by atoms with Crippen LogP contribution in [0.25, 0.3) is 11.6 Å². The molecule has 8 heteroatoms. The van der Waals surface area contributed by atoms with E-state index in [1.165, 1.54) is 0 Å². The van der Waals surface area contributed by atoms with Crippen LogP contribution in [0.1, 0.15) is 50.9 Å². The van der Waals surface area contributed by atoms with Crippen LogP contribution >= 0.6 is 0 Å². The Kier molecular flexibility index (Phi) is 6.56. The molecule has 0 N–H and O–H groups in total. The Hall–Kier alpha value is -3.81. The first-order chi connectivity index (χ1) is 16.6. The molecule has 0 aliphatic carbocycles. The molecule has 0 saturated heterocycles. The molecule has 0 fully saturated rings. The van der Waals surface area contributed by atoms with Gasteiger partial charge in [-0.3, -0.25) is 4.79 Å². The molecule has 1 aromatic carbocycles. The van der Waals surface area contributed by atoms with Gasteiger partial charge in [-0.05, 0) is 66.2 Å². The second-order valence-corrected chi connectivity index (χ2v) is 9.29. The predicted molar refractivity (Wildman–Crippen MR) is 136 cm³/mol. The molecule has 0 aliphatic rings. The lowest BCUT2D eigenvalue weighted by molar-refractivity contribution is -0.129. The lowest BCUT2D eigenvalue weighted by Crippen LogP contribution is -2.28. The van der Waals surface area contributed by atoms with Crippen LogP contribution in [0.15, 0.2) is 30.3 Å². The van der Waals surface area contributed by atoms with E-state index in [4.69, 9.17) is 5.10 Å². The summed E-state index contributed by atoms with van der Waals surface area (Å²) in [5.74, 6) is 0.560. The zero-order valence-corrected chi connectivity index (χ0v) is 21.8. The normalized spacial score (nSPS) is 11.2. The Bertz CT molecular complexity index is 1390. The highest BCUT2D eigenvalue weighted by Crippen LogP contribution is 2.23. The fourth-order valence-corrected chi connectivity index (χ4v) is 4.48. The highest BCUT2D eigenvalue weighted by atomic mass is 16.2. The van der Waals surface area contributed by atoms with Crippen molar-refractivity contribution >= 4 is 5.91 Å². The van der Waals surface area contributed by atoms with Crippen molar-refractivity contribution in [3.8, 4) is 11.6 Å². The first-order valence-electron chi connectivity index (χ1n) is 11.8. The first kappa shape index (κ1) is 24.3. The first-order valence-corrected chi connectivity index (χ1v) is 11.8. The molecule has 35 heavy (non-hydrogen) atoms. The Morgan fingerprint density at radius 2 is 1.40 bits per heavy atom. The van der Waals surface area contributed by atoms with E-state index in [1.807, 2.05) is 64.5 Å². The number of aryl methyl sites for hydroxylation is 5. The fourth-order valence-electron chi connectivity index (χ4n) is 4.48. The summed E-state index contributed by atoms with van der Waals surface area (Å²) < 4.78 is 3.71. The van der Waals surface area contributed by atoms with Crippen LogP contribution in [-0.2, 0) is 17.8 Å². The van der Waals surface area contributed by atoms with E-state index in [9.17, 15) is 4.79 Å². The number of carbonyl (C=O) groups excluding carboxylic acids is 1. The number of likely N-dealkylation sites (N-methyl/N-ethyl adjacent to an activating group) is 1. The number of carbonyl (C=O) groups is 1. The maximum atomic E-state index is 13.3. The second-order valence-electron chi connectivity index (χ2n) is 9.29. The molecule has 8 nitrogen and oxygen atoms in total. The monoisotopic (exact) mass is 471 g/mol. The number of aromatic nitrogens is 6. The molecule has 182 valence electrons. The lowest BCUT2D eigenvalue weighted by atomic mass is 10.1. The van der Waals surface area contributed by atoms with Gasteiger partial charge in [0, 0.05) is 47.5 Å². The highest BCUT2D eigenvalue weighted by Gasteiger charge is 2.22. The number of rotatable bonds is 6. The molecule has 0 atom stereocenters. The molecule has 0 saturated carbocycles. The van der Waals surface area contributed by atoms with E-state index < -0.39 is 0 Å². The summed E-state index contributed by atoms with van der Waals surface area (Å²) in [6.07, 6.45) is 0.267. The van der Waals surface area contributed by atoms with Crippen LogP contribution in [0.4, 0.5) is 0 Å². The van der Waals surface area contributed by atoms with Gasteiger partial charge in [0.1, 0.15) is 0 Å². The summed E-state index contributed by atoms with van der Waals surface area (Å²) >= 11 is 0. The van der Waals surface area contributed by atoms with Gasteiger partial charge < -0.3 is 4.90 Å². The third-order valence-electron chi connectivity index (χ3n) is 6.53. The maximum absolute atomic E-state index is 13.3. The lowest BCUT2D eigenvalue weighted by Gasteiger charge is -2.18. The molecule has 4 aromatic rings. The van der Waals surface area contributed by atoms with E-state index in [-0.39, 0.29) is 12.3 Å². The summed E-state index contributed by atoms with van der Waals surface area (Å²) in [6, 6.07) is 10.1. The summed E-state index contributed by atoms with van der Waals surface area (Å²) in [5.41, 5.74) is 9.63. The van der Waals surface area contributed by atoms with Gasteiger partial charge in [0.15, 0.2) is 0 Å². The topological polar surface area (TPSA) is 81.7 Å². The Morgan fingerprint density at radius 1 is 0.829 bits per heavy atom. The van der Waals surface area contributed by atoms with Crippen molar-refractivity contribution in [2.24, 2.45) is 0 Å². The summed E-state index contributed by atoms with van der Waals surface area (Å²) in [4.78, 5) is 24.1. The van der Waals surface area contributed by atoms with Crippen molar-refractivity contribution in [2.45, 2.75) is 61.4 Å². The predicted octanol–water partition coefficient (Wildman–Crippen LogP) is 4.21. The Labute approximate surface area is 206 Å². The molecule has 0 bridgehead atoms. The van der Waals surface area contributed by atoms with Gasteiger partial charge in [-0.15, -0.1) is 0 Å². The van der Waals surface area contributed by atoms with Crippen molar-refractivity contribution in [3.05, 3.63) is 81.2 Å². The number of nitrogens with zero attached hydrogens (tertiary/aromatic N) is 7. The quantitative estimate of drug-likeness (QED) is 0.421. The largest absolute Gasteiger partial charge is 0.341 e. The minimum atomic E-state index is 0.0273. The molecule has 3 heterocycles. The molecule has 0 radical (unpaired) electrons. The Morgan fingerprint density at radius 3 is 2.06 bits per heavy atom. The van der Waals surface area contributed by atoms with Gasteiger partial charge in [-0.2, -0.15) is 10.2 Å². The van der Waals surface area contributed by atoms with E-state index in [2.05, 4.69) is 41.0 Å². The zero-order valence-electron chi connectivity index (χ0n) is 21.8. The van der Waals surface area contributed by atoms with Gasteiger partial charge in [0.25, 0.3) is 5.95 Å². The zero-order chi connectivity index (χ0) is 25.4. The van der Waals surface area contributed by atoms with Crippen LogP contribution in [0.2, 0.25) is 0 Å². The van der Waals surface area contributed by atoms with E-state index >= 15 is 0 Å². The van der Waals surface area contributed by atoms with Crippen molar-refractivity contribution in [1.82, 2.24) is 34.4 Å². The van der Waals surface area contributed by atoms with Crippen molar-refractivity contribution < 1.29 is 4.79 Å². The van der Waals surface area contributed by atoms with Crippen LogP contribution in [-0.4, -0.2) is 47.4 Å². The summed E-state index contributed by atoms with van der Waals surface area (Å²) in [6.45, 7) is 14.4. The minimum Gasteiger partial charge on any atom is -0.341 e. The van der Waals surface area contributed by atoms with Crippen LogP contribution in [0, 0.1) is 48.5 Å². The van der Waals surface area contributed by atoms with E-state index in [0.717, 1.165) is 56.5 Å². The molecular formula is C27H33N7O. The van der Waals surface area contributed by atoms with Crippen molar-refractivity contribution in [2.75, 3.05) is 7.05 Å². The average molecular weight is 472 g/mol. The number of hydrogen-bond donors (Lipinski definition) is 0. The minimum absolute atomic E-state index is 0.0273. The molecular weight excluding hydrogens is 438 g/mol. The molecule has 1 amide bonds. The van der Waals surface area contributed by atoms with E-state index in [1.54, 1.807) is 9.58 Å². The number of hydrogen-bond acceptors (Lipinski definition) is 5. The Balaban J connectivity index is 1.55. The highest BCUT2D eigenvalue weighted by molar-refractivity contribution is 5.79. The van der Waals surface area contributed by atoms with Gasteiger partial charge in [-0.1, -0.05) is 18.2 Å². The fraction of sp³-hybridized carbons (Fsp3) is 0.370. The maximum Gasteiger partial charge on any atom is 0.251 e.